The molecular weight excluding hydrogens is 252 g/mol. The quantitative estimate of drug-likeness (QED) is 0.813. The number of carbonyl (C=O) groups excluding carboxylic acids is 1. The molecule has 4 nitrogen and oxygen atoms in total. The topological polar surface area (TPSA) is 64.3 Å². The lowest BCUT2D eigenvalue weighted by molar-refractivity contribution is 0.0948. The summed E-state index contributed by atoms with van der Waals surface area (Å²) >= 11 is 0. The molecule has 0 atom stereocenters. The maximum absolute atomic E-state index is 12.2. The van der Waals surface area contributed by atoms with Gasteiger partial charge in [0, 0.05) is 12.2 Å². The Morgan fingerprint density at radius 3 is 2.80 bits per heavy atom. The zero-order chi connectivity index (χ0) is 14.4. The Morgan fingerprint density at radius 1 is 1.35 bits per heavy atom. The van der Waals surface area contributed by atoms with Crippen molar-refractivity contribution in [1.29, 1.82) is 0 Å². The molecule has 0 heterocycles. The fourth-order valence-corrected chi connectivity index (χ4v) is 2.92. The monoisotopic (exact) mass is 276 g/mol. The fourth-order valence-electron chi connectivity index (χ4n) is 2.92. The van der Waals surface area contributed by atoms with Gasteiger partial charge in [0.2, 0.25) is 0 Å². The lowest BCUT2D eigenvalue weighted by atomic mass is 9.87. The molecule has 1 fully saturated rings. The average molecular weight is 276 g/mol. The van der Waals surface area contributed by atoms with Crippen LogP contribution in [0.25, 0.3) is 0 Å². The minimum atomic E-state index is -0.143. The Labute approximate surface area is 120 Å². The molecule has 0 unspecified atom stereocenters. The van der Waals surface area contributed by atoms with Crippen molar-refractivity contribution in [2.75, 3.05) is 19.4 Å². The van der Waals surface area contributed by atoms with Gasteiger partial charge in [0.1, 0.15) is 11.3 Å². The molecule has 0 bridgehead atoms. The largest absolute Gasteiger partial charge is 0.496 e. The van der Waals surface area contributed by atoms with Crippen LogP contribution in [-0.4, -0.2) is 19.6 Å². The smallest absolute Gasteiger partial charge is 0.257 e. The first-order valence-electron chi connectivity index (χ1n) is 7.43. The van der Waals surface area contributed by atoms with Gasteiger partial charge in [-0.3, -0.25) is 4.79 Å². The molecule has 110 valence electrons. The molecule has 2 rings (SSSR count). The van der Waals surface area contributed by atoms with Crippen LogP contribution in [0.15, 0.2) is 18.2 Å². The van der Waals surface area contributed by atoms with Gasteiger partial charge in [0.05, 0.1) is 7.11 Å². The molecule has 3 N–H and O–H groups in total. The van der Waals surface area contributed by atoms with Crippen molar-refractivity contribution in [3.63, 3.8) is 0 Å². The van der Waals surface area contributed by atoms with Crippen molar-refractivity contribution in [1.82, 2.24) is 5.32 Å². The highest BCUT2D eigenvalue weighted by Gasteiger charge is 2.17. The Morgan fingerprint density at radius 2 is 2.10 bits per heavy atom. The standard InChI is InChI=1S/C16H24N2O2/c1-20-14-9-5-8-13(17)15(14)16(19)18-11-10-12-6-3-2-4-7-12/h5,8-9,12H,2-4,6-7,10-11,17H2,1H3,(H,18,19). The molecule has 0 aliphatic heterocycles. The minimum Gasteiger partial charge on any atom is -0.496 e. The van der Waals surface area contributed by atoms with E-state index >= 15 is 0 Å². The van der Waals surface area contributed by atoms with E-state index in [1.807, 2.05) is 0 Å². The molecule has 1 aliphatic rings. The van der Waals surface area contributed by atoms with Gasteiger partial charge in [-0.1, -0.05) is 38.2 Å². The van der Waals surface area contributed by atoms with E-state index in [1.165, 1.54) is 32.1 Å². The molecular formula is C16H24N2O2. The zero-order valence-electron chi connectivity index (χ0n) is 12.2. The van der Waals surface area contributed by atoms with Gasteiger partial charge >= 0.3 is 0 Å². The summed E-state index contributed by atoms with van der Waals surface area (Å²) in [6, 6.07) is 5.26. The van der Waals surface area contributed by atoms with Crippen molar-refractivity contribution in [3.8, 4) is 5.75 Å². The van der Waals surface area contributed by atoms with Crippen LogP contribution in [0.4, 0.5) is 5.69 Å². The third kappa shape index (κ3) is 3.65. The van der Waals surface area contributed by atoms with Crippen LogP contribution < -0.4 is 15.8 Å². The third-order valence-electron chi connectivity index (χ3n) is 4.07. The average Bonchev–Trinajstić information content (AvgIpc) is 2.47. The number of carbonyl (C=O) groups is 1. The van der Waals surface area contributed by atoms with E-state index in [0.29, 0.717) is 23.5 Å². The second-order valence-corrected chi connectivity index (χ2v) is 5.47. The number of amides is 1. The summed E-state index contributed by atoms with van der Waals surface area (Å²) < 4.78 is 5.20. The molecule has 1 aliphatic carbocycles. The van der Waals surface area contributed by atoms with Gasteiger partial charge in [0.15, 0.2) is 0 Å². The van der Waals surface area contributed by atoms with Crippen LogP contribution in [-0.2, 0) is 0 Å². The van der Waals surface area contributed by atoms with E-state index in [-0.39, 0.29) is 5.91 Å². The molecule has 1 aromatic carbocycles. The molecule has 0 radical (unpaired) electrons. The first-order valence-corrected chi connectivity index (χ1v) is 7.43. The number of methoxy groups -OCH3 is 1. The molecule has 1 aromatic rings. The van der Waals surface area contributed by atoms with Crippen LogP contribution in [0.3, 0.4) is 0 Å². The van der Waals surface area contributed by atoms with Gasteiger partial charge < -0.3 is 15.8 Å². The van der Waals surface area contributed by atoms with Gasteiger partial charge in [0.25, 0.3) is 5.91 Å². The van der Waals surface area contributed by atoms with Crippen LogP contribution in [0.2, 0.25) is 0 Å². The number of benzene rings is 1. The highest BCUT2D eigenvalue weighted by atomic mass is 16.5. The summed E-state index contributed by atoms with van der Waals surface area (Å²) in [5.41, 5.74) is 6.77. The molecule has 0 spiro atoms. The predicted octanol–water partition coefficient (Wildman–Crippen LogP) is 2.98. The molecule has 20 heavy (non-hydrogen) atoms. The number of hydrogen-bond acceptors (Lipinski definition) is 3. The number of hydrogen-bond donors (Lipinski definition) is 2. The first-order chi connectivity index (χ1) is 9.72. The fraction of sp³-hybridized carbons (Fsp3) is 0.562. The molecule has 1 amide bonds. The Kier molecular flexibility index (Phi) is 5.27. The molecule has 1 saturated carbocycles. The van der Waals surface area contributed by atoms with Crippen molar-refractivity contribution < 1.29 is 9.53 Å². The highest BCUT2D eigenvalue weighted by Crippen LogP contribution is 2.26. The molecule has 4 heteroatoms. The lowest BCUT2D eigenvalue weighted by Gasteiger charge is -2.21. The van der Waals surface area contributed by atoms with Crippen molar-refractivity contribution in [2.45, 2.75) is 38.5 Å². The number of anilines is 1. The summed E-state index contributed by atoms with van der Waals surface area (Å²) in [4.78, 5) is 12.2. The van der Waals surface area contributed by atoms with Crippen LogP contribution >= 0.6 is 0 Å². The first kappa shape index (κ1) is 14.7. The maximum atomic E-state index is 12.2. The second kappa shape index (κ2) is 7.17. The number of nitrogen functional groups attached to an aromatic ring is 1. The summed E-state index contributed by atoms with van der Waals surface area (Å²) in [5.74, 6) is 1.15. The molecule has 0 saturated heterocycles. The van der Waals surface area contributed by atoms with Gasteiger partial charge in [-0.2, -0.15) is 0 Å². The summed E-state index contributed by atoms with van der Waals surface area (Å²) in [7, 11) is 1.55. The van der Waals surface area contributed by atoms with E-state index in [1.54, 1.807) is 25.3 Å². The predicted molar refractivity (Wildman–Crippen MR) is 80.9 cm³/mol. The van der Waals surface area contributed by atoms with E-state index in [4.69, 9.17) is 10.5 Å². The SMILES string of the molecule is COc1cccc(N)c1C(=O)NCCC1CCCCC1. The molecule has 0 aromatic heterocycles. The van der Waals surface area contributed by atoms with Gasteiger partial charge in [-0.15, -0.1) is 0 Å². The summed E-state index contributed by atoms with van der Waals surface area (Å²) in [6.45, 7) is 0.709. The number of rotatable bonds is 5. The van der Waals surface area contributed by atoms with Crippen molar-refractivity contribution in [3.05, 3.63) is 23.8 Å². The van der Waals surface area contributed by atoms with Gasteiger partial charge in [-0.25, -0.2) is 0 Å². The van der Waals surface area contributed by atoms with Crippen molar-refractivity contribution in [2.24, 2.45) is 5.92 Å². The second-order valence-electron chi connectivity index (χ2n) is 5.47. The van der Waals surface area contributed by atoms with Crippen LogP contribution in [0.5, 0.6) is 5.75 Å². The zero-order valence-corrected chi connectivity index (χ0v) is 12.2. The summed E-state index contributed by atoms with van der Waals surface area (Å²) in [6.07, 6.45) is 7.68. The highest BCUT2D eigenvalue weighted by molar-refractivity contribution is 6.01. The van der Waals surface area contributed by atoms with E-state index in [2.05, 4.69) is 5.32 Å². The third-order valence-corrected chi connectivity index (χ3v) is 4.07. The van der Waals surface area contributed by atoms with Gasteiger partial charge in [-0.05, 0) is 24.5 Å². The number of nitrogens with two attached hydrogens (primary N) is 1. The number of ether oxygens (including phenoxy) is 1. The normalized spacial score (nSPS) is 15.8. The number of nitrogens with one attached hydrogen (secondary N) is 1. The Hall–Kier alpha value is -1.71. The van der Waals surface area contributed by atoms with Crippen molar-refractivity contribution >= 4 is 11.6 Å². The lowest BCUT2D eigenvalue weighted by Crippen LogP contribution is -2.27. The Balaban J connectivity index is 1.88. The van der Waals surface area contributed by atoms with E-state index < -0.39 is 0 Å². The minimum absolute atomic E-state index is 0.143. The Bertz CT molecular complexity index is 454. The van der Waals surface area contributed by atoms with E-state index in [9.17, 15) is 4.79 Å². The van der Waals surface area contributed by atoms with E-state index in [0.717, 1.165) is 12.3 Å². The van der Waals surface area contributed by atoms with Crippen LogP contribution in [0.1, 0.15) is 48.9 Å². The summed E-state index contributed by atoms with van der Waals surface area (Å²) in [5, 5.41) is 2.96. The van der Waals surface area contributed by atoms with Crippen LogP contribution in [0, 0.1) is 5.92 Å². The maximum Gasteiger partial charge on any atom is 0.257 e.